The van der Waals surface area contributed by atoms with Crippen LogP contribution in [0, 0.1) is 0 Å². The Kier molecular flexibility index (Phi) is 3.91. The first-order valence-electron chi connectivity index (χ1n) is 5.64. The quantitative estimate of drug-likeness (QED) is 0.560. The Morgan fingerprint density at radius 1 is 1.15 bits per heavy atom. The molecule has 3 rings (SSSR count). The number of nitrogens with zero attached hydrogens (tertiary/aromatic N) is 3. The summed E-state index contributed by atoms with van der Waals surface area (Å²) in [4.78, 5) is 8.88. The van der Waals surface area contributed by atoms with E-state index < -0.39 is 0 Å². The van der Waals surface area contributed by atoms with Gasteiger partial charge in [-0.15, -0.1) is 11.6 Å². The molecule has 0 saturated heterocycles. The summed E-state index contributed by atoms with van der Waals surface area (Å²) in [7, 11) is 0. The van der Waals surface area contributed by atoms with Gasteiger partial charge in [-0.3, -0.25) is 4.57 Å². The van der Waals surface area contributed by atoms with E-state index in [1.807, 2.05) is 16.7 Å². The lowest BCUT2D eigenvalue weighted by Crippen LogP contribution is -2.00. The van der Waals surface area contributed by atoms with Gasteiger partial charge in [0.2, 0.25) is 0 Å². The molecule has 0 N–H and O–H groups in total. The van der Waals surface area contributed by atoms with Crippen LogP contribution in [0.4, 0.5) is 0 Å². The molecule has 0 saturated carbocycles. The second-order valence-corrected chi connectivity index (χ2v) is 6.09. The number of imidazole rings is 1. The number of halogens is 4. The van der Waals surface area contributed by atoms with Crippen molar-refractivity contribution >= 4 is 61.9 Å². The number of pyridine rings is 1. The molecule has 0 amide bonds. The molecular formula is C13H7BrCl3N3. The molecule has 102 valence electrons. The predicted octanol–water partition coefficient (Wildman–Crippen LogP) is 5.23. The van der Waals surface area contributed by atoms with Crippen molar-refractivity contribution in [3.05, 3.63) is 50.8 Å². The SMILES string of the molecule is ClCc1nc2cc(Br)cnc2n1-c1ccc(Cl)c(Cl)c1. The fourth-order valence-corrected chi connectivity index (χ4v) is 2.76. The molecule has 3 aromatic rings. The van der Waals surface area contributed by atoms with E-state index in [0.29, 0.717) is 15.9 Å². The number of hydrogen-bond acceptors (Lipinski definition) is 2. The summed E-state index contributed by atoms with van der Waals surface area (Å²) in [6, 6.07) is 7.26. The number of fused-ring (bicyclic) bond motifs is 1. The highest BCUT2D eigenvalue weighted by molar-refractivity contribution is 9.10. The van der Waals surface area contributed by atoms with Crippen LogP contribution in [0.3, 0.4) is 0 Å². The fourth-order valence-electron chi connectivity index (χ4n) is 1.97. The van der Waals surface area contributed by atoms with Crippen molar-refractivity contribution in [3.8, 4) is 5.69 Å². The minimum Gasteiger partial charge on any atom is -0.280 e. The van der Waals surface area contributed by atoms with Crippen LogP contribution in [0.2, 0.25) is 10.0 Å². The van der Waals surface area contributed by atoms with Gasteiger partial charge in [-0.25, -0.2) is 9.97 Å². The Morgan fingerprint density at radius 3 is 2.65 bits per heavy atom. The van der Waals surface area contributed by atoms with Crippen molar-refractivity contribution in [2.75, 3.05) is 0 Å². The number of aromatic nitrogens is 3. The van der Waals surface area contributed by atoms with E-state index in [1.165, 1.54) is 0 Å². The molecule has 20 heavy (non-hydrogen) atoms. The zero-order chi connectivity index (χ0) is 14.3. The van der Waals surface area contributed by atoms with Gasteiger partial charge in [-0.05, 0) is 40.2 Å². The Labute approximate surface area is 138 Å². The van der Waals surface area contributed by atoms with E-state index in [2.05, 4.69) is 25.9 Å². The van der Waals surface area contributed by atoms with E-state index in [0.717, 1.165) is 21.3 Å². The average Bonchev–Trinajstić information content (AvgIpc) is 2.79. The third-order valence-corrected chi connectivity index (χ3v) is 4.23. The number of alkyl halides is 1. The van der Waals surface area contributed by atoms with Gasteiger partial charge in [0.1, 0.15) is 11.3 Å². The van der Waals surface area contributed by atoms with Crippen molar-refractivity contribution in [1.29, 1.82) is 0 Å². The Bertz CT molecular complexity index is 801. The molecule has 0 bridgehead atoms. The summed E-state index contributed by atoms with van der Waals surface area (Å²) in [6.07, 6.45) is 1.72. The van der Waals surface area contributed by atoms with Gasteiger partial charge in [0.25, 0.3) is 0 Å². The van der Waals surface area contributed by atoms with Crippen LogP contribution in [0.1, 0.15) is 5.82 Å². The molecule has 0 aliphatic rings. The maximum atomic E-state index is 6.08. The highest BCUT2D eigenvalue weighted by Crippen LogP contribution is 2.28. The Morgan fingerprint density at radius 2 is 1.95 bits per heavy atom. The van der Waals surface area contributed by atoms with Crippen molar-refractivity contribution in [3.63, 3.8) is 0 Å². The second kappa shape index (κ2) is 5.53. The van der Waals surface area contributed by atoms with Gasteiger partial charge < -0.3 is 0 Å². The van der Waals surface area contributed by atoms with E-state index in [4.69, 9.17) is 34.8 Å². The van der Waals surface area contributed by atoms with Gasteiger partial charge in [-0.1, -0.05) is 23.2 Å². The third kappa shape index (κ3) is 2.42. The van der Waals surface area contributed by atoms with Gasteiger partial charge in [-0.2, -0.15) is 0 Å². The molecule has 2 aromatic heterocycles. The Balaban J connectivity index is 2.30. The van der Waals surface area contributed by atoms with E-state index in [1.54, 1.807) is 18.3 Å². The summed E-state index contributed by atoms with van der Waals surface area (Å²) in [5.41, 5.74) is 2.32. The van der Waals surface area contributed by atoms with Crippen LogP contribution >= 0.6 is 50.7 Å². The van der Waals surface area contributed by atoms with Gasteiger partial charge in [0.15, 0.2) is 5.65 Å². The summed E-state index contributed by atoms with van der Waals surface area (Å²) < 4.78 is 2.74. The van der Waals surface area contributed by atoms with E-state index in [9.17, 15) is 0 Å². The van der Waals surface area contributed by atoms with E-state index >= 15 is 0 Å². The lowest BCUT2D eigenvalue weighted by atomic mass is 10.3. The molecule has 0 aliphatic heterocycles. The zero-order valence-electron chi connectivity index (χ0n) is 9.95. The summed E-state index contributed by atoms with van der Waals surface area (Å²) >= 11 is 21.4. The lowest BCUT2D eigenvalue weighted by molar-refractivity contribution is 0.970. The summed E-state index contributed by atoms with van der Waals surface area (Å²) in [6.45, 7) is 0. The smallest absolute Gasteiger partial charge is 0.164 e. The van der Waals surface area contributed by atoms with Crippen molar-refractivity contribution in [2.45, 2.75) is 5.88 Å². The number of benzene rings is 1. The standard InChI is InChI=1S/C13H7BrCl3N3/c14-7-3-11-13(18-6-7)20(12(5-15)19-11)8-1-2-9(16)10(17)4-8/h1-4,6H,5H2. The van der Waals surface area contributed by atoms with Crippen LogP contribution in [0.5, 0.6) is 0 Å². The normalized spacial score (nSPS) is 11.2. The van der Waals surface area contributed by atoms with Crippen LogP contribution < -0.4 is 0 Å². The van der Waals surface area contributed by atoms with Gasteiger partial charge in [0.05, 0.1) is 21.6 Å². The number of hydrogen-bond donors (Lipinski definition) is 0. The maximum Gasteiger partial charge on any atom is 0.164 e. The van der Waals surface area contributed by atoms with Crippen LogP contribution in [0.25, 0.3) is 16.9 Å². The topological polar surface area (TPSA) is 30.7 Å². The molecule has 0 radical (unpaired) electrons. The largest absolute Gasteiger partial charge is 0.280 e. The monoisotopic (exact) mass is 389 g/mol. The van der Waals surface area contributed by atoms with Crippen molar-refractivity contribution in [2.24, 2.45) is 0 Å². The second-order valence-electron chi connectivity index (χ2n) is 4.09. The van der Waals surface area contributed by atoms with Crippen LogP contribution in [-0.2, 0) is 5.88 Å². The average molecular weight is 391 g/mol. The van der Waals surface area contributed by atoms with Crippen LogP contribution in [-0.4, -0.2) is 14.5 Å². The third-order valence-electron chi connectivity index (χ3n) is 2.81. The molecule has 0 aliphatic carbocycles. The molecule has 0 fully saturated rings. The molecule has 3 nitrogen and oxygen atoms in total. The molecular weight excluding hydrogens is 384 g/mol. The minimum absolute atomic E-state index is 0.272. The fraction of sp³-hybridized carbons (Fsp3) is 0.0769. The predicted molar refractivity (Wildman–Crippen MR) is 86.1 cm³/mol. The van der Waals surface area contributed by atoms with Crippen LogP contribution in [0.15, 0.2) is 34.9 Å². The maximum absolute atomic E-state index is 6.08. The van der Waals surface area contributed by atoms with Crippen molar-refractivity contribution < 1.29 is 0 Å². The first kappa shape index (κ1) is 14.1. The lowest BCUT2D eigenvalue weighted by Gasteiger charge is -2.08. The molecule has 7 heteroatoms. The summed E-state index contributed by atoms with van der Waals surface area (Å²) in [5, 5.41) is 0.978. The van der Waals surface area contributed by atoms with Gasteiger partial charge >= 0.3 is 0 Å². The molecule has 1 aromatic carbocycles. The van der Waals surface area contributed by atoms with Gasteiger partial charge in [0, 0.05) is 10.7 Å². The number of rotatable bonds is 2. The minimum atomic E-state index is 0.272. The zero-order valence-corrected chi connectivity index (χ0v) is 13.8. The summed E-state index contributed by atoms with van der Waals surface area (Å²) in [5.74, 6) is 0.972. The first-order valence-corrected chi connectivity index (χ1v) is 7.73. The van der Waals surface area contributed by atoms with Crippen molar-refractivity contribution in [1.82, 2.24) is 14.5 Å². The Hall–Kier alpha value is -0.810. The molecule has 0 unspecified atom stereocenters. The molecule has 0 spiro atoms. The molecule has 2 heterocycles. The highest BCUT2D eigenvalue weighted by atomic mass is 79.9. The first-order chi connectivity index (χ1) is 9.60. The van der Waals surface area contributed by atoms with E-state index in [-0.39, 0.29) is 5.88 Å². The molecule has 0 atom stereocenters. The highest BCUT2D eigenvalue weighted by Gasteiger charge is 2.14.